The topological polar surface area (TPSA) is 58.6 Å². The predicted molar refractivity (Wildman–Crippen MR) is 72.0 cm³/mol. The van der Waals surface area contributed by atoms with Crippen molar-refractivity contribution < 1.29 is 14.6 Å². The maximum atomic E-state index is 11.6. The second-order valence-corrected chi connectivity index (χ2v) is 5.08. The normalized spacial score (nSPS) is 25.3. The van der Waals surface area contributed by atoms with Crippen molar-refractivity contribution in [3.05, 3.63) is 0 Å². The van der Waals surface area contributed by atoms with Gasteiger partial charge in [-0.15, -0.1) is 0 Å². The van der Waals surface area contributed by atoms with Crippen molar-refractivity contribution >= 4 is 13.8 Å². The summed E-state index contributed by atoms with van der Waals surface area (Å²) in [5.74, 6) is -1.05. The van der Waals surface area contributed by atoms with E-state index >= 15 is 0 Å². The molecule has 1 aliphatic rings. The zero-order valence-electron chi connectivity index (χ0n) is 11.4. The molecule has 0 bridgehead atoms. The summed E-state index contributed by atoms with van der Waals surface area (Å²) in [5, 5.41) is 11.6. The number of morpholine rings is 1. The van der Waals surface area contributed by atoms with E-state index in [1.54, 1.807) is 0 Å². The van der Waals surface area contributed by atoms with Gasteiger partial charge in [0.15, 0.2) is 0 Å². The summed E-state index contributed by atoms with van der Waals surface area (Å²) < 4.78 is 5.70. The fourth-order valence-electron chi connectivity index (χ4n) is 2.72. The van der Waals surface area contributed by atoms with Gasteiger partial charge in [-0.3, -0.25) is 4.79 Å². The van der Waals surface area contributed by atoms with Crippen LogP contribution in [0.5, 0.6) is 0 Å². The lowest BCUT2D eigenvalue weighted by atomic mass is 9.55. The van der Waals surface area contributed by atoms with Gasteiger partial charge >= 0.3 is 5.97 Å². The maximum Gasteiger partial charge on any atom is 0.301 e. The van der Waals surface area contributed by atoms with Crippen LogP contribution < -0.4 is 5.32 Å². The van der Waals surface area contributed by atoms with Crippen molar-refractivity contribution in [2.45, 2.75) is 50.9 Å². The van der Waals surface area contributed by atoms with Gasteiger partial charge in [0, 0.05) is 18.4 Å². The van der Waals surface area contributed by atoms with Crippen molar-refractivity contribution in [1.82, 2.24) is 5.32 Å². The van der Waals surface area contributed by atoms with Crippen molar-refractivity contribution in [2.75, 3.05) is 19.7 Å². The predicted octanol–water partition coefficient (Wildman–Crippen LogP) is 1.60. The molecule has 2 radical (unpaired) electrons. The number of nitrogens with one attached hydrogen (secondary N) is 1. The molecule has 1 saturated heterocycles. The van der Waals surface area contributed by atoms with Gasteiger partial charge in [-0.1, -0.05) is 33.1 Å². The third kappa shape index (κ3) is 3.48. The highest BCUT2D eigenvalue weighted by molar-refractivity contribution is 6.27. The summed E-state index contributed by atoms with van der Waals surface area (Å²) in [7, 11) is 6.21. The van der Waals surface area contributed by atoms with Gasteiger partial charge in [0.2, 0.25) is 0 Å². The molecule has 0 spiro atoms. The molecule has 3 atom stereocenters. The van der Waals surface area contributed by atoms with Crippen LogP contribution in [-0.2, 0) is 9.53 Å². The fraction of sp³-hybridized carbons (Fsp3) is 0.923. The Balaban J connectivity index is 2.81. The number of hydrogen-bond acceptors (Lipinski definition) is 3. The van der Waals surface area contributed by atoms with Crippen LogP contribution in [0.1, 0.15) is 39.5 Å². The fourth-order valence-corrected chi connectivity index (χ4v) is 2.72. The molecule has 4 nitrogen and oxygen atoms in total. The van der Waals surface area contributed by atoms with Gasteiger partial charge in [0.1, 0.15) is 0 Å². The number of carboxylic acid groups (broad SMARTS) is 1. The minimum Gasteiger partial charge on any atom is -0.481 e. The number of hydrogen-bond donors (Lipinski definition) is 2. The smallest absolute Gasteiger partial charge is 0.301 e. The third-order valence-corrected chi connectivity index (χ3v) is 3.85. The number of aliphatic carboxylic acids is 1. The van der Waals surface area contributed by atoms with E-state index in [0.29, 0.717) is 19.6 Å². The molecule has 1 fully saturated rings. The van der Waals surface area contributed by atoms with Crippen LogP contribution in [0.15, 0.2) is 0 Å². The van der Waals surface area contributed by atoms with E-state index in [2.05, 4.69) is 5.32 Å². The number of unbranched alkanes of at least 4 members (excludes halogenated alkanes) is 1. The average Bonchev–Trinajstić information content (AvgIpc) is 2.38. The second kappa shape index (κ2) is 7.14. The van der Waals surface area contributed by atoms with Crippen LogP contribution in [-0.4, -0.2) is 44.7 Å². The van der Waals surface area contributed by atoms with Gasteiger partial charge in [0.05, 0.1) is 20.6 Å². The molecule has 18 heavy (non-hydrogen) atoms. The summed E-state index contributed by atoms with van der Waals surface area (Å²) in [6.07, 6.45) is 2.92. The summed E-state index contributed by atoms with van der Waals surface area (Å²) >= 11 is 0. The van der Waals surface area contributed by atoms with Crippen molar-refractivity contribution in [3.63, 3.8) is 0 Å². The van der Waals surface area contributed by atoms with Crippen molar-refractivity contribution in [1.29, 1.82) is 0 Å². The molecule has 0 saturated carbocycles. The maximum absolute atomic E-state index is 11.6. The number of carboxylic acids is 1. The number of carbonyl (C=O) groups is 1. The lowest BCUT2D eigenvalue weighted by molar-refractivity contribution is -0.145. The number of ether oxygens (including phenoxy) is 1. The first-order valence-corrected chi connectivity index (χ1v) is 6.90. The minimum atomic E-state index is -1.17. The monoisotopic (exact) mass is 253 g/mol. The molecule has 1 heterocycles. The highest BCUT2D eigenvalue weighted by Crippen LogP contribution is 2.43. The Morgan fingerprint density at radius 1 is 1.61 bits per heavy atom. The molecule has 0 aromatic carbocycles. The van der Waals surface area contributed by atoms with Crippen LogP contribution in [0.4, 0.5) is 0 Å². The Bertz CT molecular complexity index is 269. The molecule has 1 rings (SSSR count). The summed E-state index contributed by atoms with van der Waals surface area (Å²) in [6, 6.07) is 0. The van der Waals surface area contributed by atoms with Crippen molar-refractivity contribution in [3.8, 4) is 0 Å². The van der Waals surface area contributed by atoms with E-state index in [1.807, 2.05) is 13.8 Å². The van der Waals surface area contributed by atoms with E-state index in [-0.39, 0.29) is 12.0 Å². The lowest BCUT2D eigenvalue weighted by Gasteiger charge is -2.40. The standard InChI is InChI=1S/C13H24BNO3/c1-3-5-6-13(14,12(16)17)10(4-2)11-9-15-7-8-18-11/h10-11,15H,3-9H2,1-2H3,(H,16,17). The molecular formula is C13H24BNO3. The summed E-state index contributed by atoms with van der Waals surface area (Å²) in [6.45, 7) is 6.18. The first kappa shape index (κ1) is 15.5. The molecule has 0 aromatic rings. The Morgan fingerprint density at radius 3 is 2.78 bits per heavy atom. The second-order valence-electron chi connectivity index (χ2n) is 5.08. The first-order valence-electron chi connectivity index (χ1n) is 6.90. The highest BCUT2D eigenvalue weighted by atomic mass is 16.5. The van der Waals surface area contributed by atoms with Gasteiger partial charge in [-0.25, -0.2) is 0 Å². The first-order chi connectivity index (χ1) is 8.56. The Hall–Kier alpha value is -0.545. The van der Waals surface area contributed by atoms with E-state index in [9.17, 15) is 9.90 Å². The van der Waals surface area contributed by atoms with Gasteiger partial charge in [-0.05, 0) is 12.3 Å². The summed E-state index contributed by atoms with van der Waals surface area (Å²) in [4.78, 5) is 11.6. The van der Waals surface area contributed by atoms with E-state index < -0.39 is 11.3 Å². The molecule has 1 aliphatic heterocycles. The Labute approximate surface area is 111 Å². The van der Waals surface area contributed by atoms with Crippen LogP contribution in [0.2, 0.25) is 5.31 Å². The van der Waals surface area contributed by atoms with Crippen LogP contribution in [0.3, 0.4) is 0 Å². The minimum absolute atomic E-state index is 0.0956. The van der Waals surface area contributed by atoms with Crippen LogP contribution in [0, 0.1) is 5.92 Å². The zero-order chi connectivity index (χ0) is 13.6. The van der Waals surface area contributed by atoms with Gasteiger partial charge in [0.25, 0.3) is 0 Å². The molecule has 0 aromatic heterocycles. The molecule has 2 N–H and O–H groups in total. The Morgan fingerprint density at radius 2 is 2.33 bits per heavy atom. The molecule has 3 unspecified atom stereocenters. The number of rotatable bonds is 7. The quantitative estimate of drug-likeness (QED) is 0.676. The molecule has 0 aliphatic carbocycles. The summed E-state index contributed by atoms with van der Waals surface area (Å²) in [5.41, 5.74) is 0. The highest BCUT2D eigenvalue weighted by Gasteiger charge is 2.43. The average molecular weight is 253 g/mol. The van der Waals surface area contributed by atoms with Crippen molar-refractivity contribution in [2.24, 2.45) is 5.92 Å². The lowest BCUT2D eigenvalue weighted by Crippen LogP contribution is -2.48. The van der Waals surface area contributed by atoms with E-state index in [1.165, 1.54) is 0 Å². The van der Waals surface area contributed by atoms with Gasteiger partial charge < -0.3 is 15.2 Å². The third-order valence-electron chi connectivity index (χ3n) is 3.85. The molecular weight excluding hydrogens is 229 g/mol. The van der Waals surface area contributed by atoms with E-state index in [0.717, 1.165) is 25.8 Å². The molecule has 5 heteroatoms. The Kier molecular flexibility index (Phi) is 6.16. The van der Waals surface area contributed by atoms with Gasteiger partial charge in [-0.2, -0.15) is 0 Å². The molecule has 102 valence electrons. The van der Waals surface area contributed by atoms with E-state index in [4.69, 9.17) is 12.6 Å². The zero-order valence-corrected chi connectivity index (χ0v) is 11.4. The SMILES string of the molecule is [B]C(CCCC)(C(=O)O)C(CC)C1CNCCO1. The molecule has 0 amide bonds. The van der Waals surface area contributed by atoms with Crippen LogP contribution >= 0.6 is 0 Å². The van der Waals surface area contributed by atoms with Crippen LogP contribution in [0.25, 0.3) is 0 Å². The largest absolute Gasteiger partial charge is 0.481 e.